The molecule has 0 saturated carbocycles. The Balaban J connectivity index is 1.95. The van der Waals surface area contributed by atoms with Crippen molar-refractivity contribution in [3.63, 3.8) is 0 Å². The Morgan fingerprint density at radius 3 is 1.02 bits per heavy atom. The minimum atomic E-state index is -3.55. The molecule has 0 radical (unpaired) electrons. The molecule has 0 aliphatic carbocycles. The lowest BCUT2D eigenvalue weighted by Crippen LogP contribution is -2.70. The third-order valence-corrected chi connectivity index (χ3v) is 23.4. The number of hydrogen-bond acceptors (Lipinski definition) is 3. The van der Waals surface area contributed by atoms with Crippen LogP contribution < -0.4 is 15.6 Å². The maximum Gasteiger partial charge on any atom is 0.482 e. The van der Waals surface area contributed by atoms with Crippen molar-refractivity contribution >= 4 is 49.3 Å². The fourth-order valence-electron chi connectivity index (χ4n) is 5.16. The Labute approximate surface area is 245 Å². The van der Waals surface area contributed by atoms with E-state index in [1.165, 1.54) is 15.6 Å². The van der Waals surface area contributed by atoms with Crippen LogP contribution in [0.3, 0.4) is 0 Å². The van der Waals surface area contributed by atoms with E-state index in [4.69, 9.17) is 12.3 Å². The van der Waals surface area contributed by atoms with Gasteiger partial charge in [0.25, 0.3) is 0 Å². The van der Waals surface area contributed by atoms with Crippen molar-refractivity contribution in [3.8, 4) is 0 Å². The first kappa shape index (κ1) is 30.3. The van der Waals surface area contributed by atoms with Gasteiger partial charge in [-0.25, -0.2) is 0 Å². The molecular weight excluding hydrogens is 557 g/mol. The van der Waals surface area contributed by atoms with Crippen molar-refractivity contribution in [2.24, 2.45) is 0 Å². The fourth-order valence-corrected chi connectivity index (χ4v) is 22.1. The van der Waals surface area contributed by atoms with Gasteiger partial charge in [0.1, 0.15) is 0 Å². The van der Waals surface area contributed by atoms with Gasteiger partial charge in [-0.1, -0.05) is 127 Å². The van der Waals surface area contributed by atoms with Gasteiger partial charge in [-0.05, 0) is 60.4 Å². The molecule has 3 nitrogen and oxygen atoms in total. The highest BCUT2D eigenvalue weighted by atomic mass is 28.5. The van der Waals surface area contributed by atoms with Gasteiger partial charge in [-0.3, -0.25) is 0 Å². The first-order valence-electron chi connectivity index (χ1n) is 13.9. The average Bonchev–Trinajstić information content (AvgIpc) is 2.95. The second-order valence-electron chi connectivity index (χ2n) is 11.7. The molecule has 7 heteroatoms. The summed E-state index contributed by atoms with van der Waals surface area (Å²) in [5, 5.41) is 3.65. The molecule has 0 aliphatic rings. The zero-order valence-electron chi connectivity index (χ0n) is 24.6. The third-order valence-electron chi connectivity index (χ3n) is 7.37. The van der Waals surface area contributed by atoms with Gasteiger partial charge in [-0.15, -0.1) is 6.58 Å². The highest BCUT2D eigenvalue weighted by Gasteiger charge is 2.58. The van der Waals surface area contributed by atoms with Crippen molar-refractivity contribution < 1.29 is 12.3 Å². The number of rotatable bonds is 12. The lowest BCUT2D eigenvalue weighted by Gasteiger charge is -2.47. The molecule has 208 valence electrons. The summed E-state index contributed by atoms with van der Waals surface area (Å²) in [6.45, 7) is 17.9. The molecule has 4 aromatic carbocycles. The standard InChI is InChI=1S/C33H42O3Si4/c1-8-33(29-21-13-9-14-22-29)40(34-37(2,3)30-23-15-10-16-24-30,35-38(4,5)31-25-17-11-18-26-31)36-39(6,7)32-27-19-12-20-28-32/h8-28,33H,1H2,2-7H3. The van der Waals surface area contributed by atoms with Crippen molar-refractivity contribution in [1.29, 1.82) is 0 Å². The molecule has 1 atom stereocenters. The van der Waals surface area contributed by atoms with Crippen molar-refractivity contribution in [3.05, 3.63) is 140 Å². The largest absolute Gasteiger partial charge is 0.482 e. The van der Waals surface area contributed by atoms with Gasteiger partial charge in [-0.2, -0.15) is 0 Å². The van der Waals surface area contributed by atoms with Crippen molar-refractivity contribution in [1.82, 2.24) is 0 Å². The van der Waals surface area contributed by atoms with Gasteiger partial charge >= 0.3 is 8.80 Å². The Morgan fingerprint density at radius 1 is 0.475 bits per heavy atom. The molecule has 0 fully saturated rings. The Bertz CT molecular complexity index is 1230. The molecule has 0 N–H and O–H groups in total. The molecule has 0 bridgehead atoms. The maximum absolute atomic E-state index is 7.57. The van der Waals surface area contributed by atoms with E-state index in [2.05, 4.69) is 161 Å². The Hall–Kier alpha value is -2.63. The molecule has 0 amide bonds. The quantitative estimate of drug-likeness (QED) is 0.132. The van der Waals surface area contributed by atoms with Crippen LogP contribution in [0.1, 0.15) is 11.1 Å². The zero-order chi connectivity index (χ0) is 28.9. The number of allylic oxidation sites excluding steroid dienone is 1. The molecule has 40 heavy (non-hydrogen) atoms. The van der Waals surface area contributed by atoms with Crippen LogP contribution in [-0.2, 0) is 12.3 Å². The minimum Gasteiger partial charge on any atom is -0.412 e. The van der Waals surface area contributed by atoms with Gasteiger partial charge in [0, 0.05) is 0 Å². The van der Waals surface area contributed by atoms with Crippen LogP contribution >= 0.6 is 0 Å². The van der Waals surface area contributed by atoms with Crippen LogP contribution in [0.15, 0.2) is 134 Å². The summed E-state index contributed by atoms with van der Waals surface area (Å²) >= 11 is 0. The average molecular weight is 599 g/mol. The van der Waals surface area contributed by atoms with Crippen LogP contribution in [0.25, 0.3) is 0 Å². The monoisotopic (exact) mass is 598 g/mol. The predicted molar refractivity (Wildman–Crippen MR) is 179 cm³/mol. The molecule has 4 rings (SSSR count). The minimum absolute atomic E-state index is 0.227. The normalized spacial score (nSPS) is 13.6. The zero-order valence-corrected chi connectivity index (χ0v) is 28.6. The summed E-state index contributed by atoms with van der Waals surface area (Å²) in [5.74, 6) is 0. The summed E-state index contributed by atoms with van der Waals surface area (Å²) in [4.78, 5) is 0. The smallest absolute Gasteiger partial charge is 0.412 e. The Kier molecular flexibility index (Phi) is 9.46. The van der Waals surface area contributed by atoms with E-state index in [1.54, 1.807) is 0 Å². The highest BCUT2D eigenvalue weighted by molar-refractivity contribution is 6.99. The van der Waals surface area contributed by atoms with Gasteiger partial charge < -0.3 is 12.3 Å². The lowest BCUT2D eigenvalue weighted by molar-refractivity contribution is 0.248. The van der Waals surface area contributed by atoms with Crippen molar-refractivity contribution in [2.45, 2.75) is 44.8 Å². The molecule has 1 unspecified atom stereocenters. The van der Waals surface area contributed by atoms with E-state index < -0.39 is 33.8 Å². The first-order chi connectivity index (χ1) is 19.0. The van der Waals surface area contributed by atoms with Crippen LogP contribution in [0.4, 0.5) is 0 Å². The van der Waals surface area contributed by atoms with Gasteiger partial charge in [0.2, 0.25) is 25.0 Å². The van der Waals surface area contributed by atoms with Crippen molar-refractivity contribution in [2.75, 3.05) is 0 Å². The van der Waals surface area contributed by atoms with Crippen LogP contribution in [-0.4, -0.2) is 33.8 Å². The second-order valence-corrected chi connectivity index (χ2v) is 26.7. The highest BCUT2D eigenvalue weighted by Crippen LogP contribution is 2.38. The van der Waals surface area contributed by atoms with E-state index in [1.807, 2.05) is 12.1 Å². The summed E-state index contributed by atoms with van der Waals surface area (Å²) in [6, 6.07) is 42.2. The SMILES string of the molecule is C=CC(c1ccccc1)[Si](O[Si](C)(C)c1ccccc1)(O[Si](C)(C)c1ccccc1)O[Si](C)(C)c1ccccc1. The molecular formula is C33H42O3Si4. The molecule has 0 heterocycles. The Morgan fingerprint density at radius 2 is 0.750 bits per heavy atom. The molecule has 0 aliphatic heterocycles. The van der Waals surface area contributed by atoms with E-state index >= 15 is 0 Å². The summed E-state index contributed by atoms with van der Waals surface area (Å²) in [7, 11) is -11.1. The summed E-state index contributed by atoms with van der Waals surface area (Å²) in [6.07, 6.45) is 2.00. The van der Waals surface area contributed by atoms with Crippen LogP contribution in [0, 0.1) is 0 Å². The van der Waals surface area contributed by atoms with E-state index in [0.29, 0.717) is 0 Å². The summed E-state index contributed by atoms with van der Waals surface area (Å²) < 4.78 is 22.7. The van der Waals surface area contributed by atoms with E-state index in [0.717, 1.165) is 5.56 Å². The molecule has 0 spiro atoms. The third kappa shape index (κ3) is 6.98. The predicted octanol–water partition coefficient (Wildman–Crippen LogP) is 6.82. The van der Waals surface area contributed by atoms with Crippen LogP contribution in [0.5, 0.6) is 0 Å². The molecule has 0 aromatic heterocycles. The topological polar surface area (TPSA) is 27.7 Å². The second kappa shape index (κ2) is 12.5. The number of benzene rings is 4. The fraction of sp³-hybridized carbons (Fsp3) is 0.212. The van der Waals surface area contributed by atoms with E-state index in [9.17, 15) is 0 Å². The molecule has 4 aromatic rings. The lowest BCUT2D eigenvalue weighted by atomic mass is 10.1. The van der Waals surface area contributed by atoms with Gasteiger partial charge in [0.15, 0.2) is 0 Å². The maximum atomic E-state index is 7.57. The number of hydrogen-bond donors (Lipinski definition) is 0. The summed E-state index contributed by atoms with van der Waals surface area (Å²) in [5.41, 5.74) is 0.882. The van der Waals surface area contributed by atoms with E-state index in [-0.39, 0.29) is 5.54 Å². The van der Waals surface area contributed by atoms with Crippen LogP contribution in [0.2, 0.25) is 39.3 Å². The molecule has 0 saturated heterocycles. The van der Waals surface area contributed by atoms with Gasteiger partial charge in [0.05, 0.1) is 5.54 Å². The first-order valence-corrected chi connectivity index (χ1v) is 24.5.